The standard InChI is InChI=1S/C16H22N4O2/c1-16(2,3)22-15(21)20-10-8-19(9-11-20)14-12-4-6-17-13(12)5-7-18-14/h4-7,17H,8-11H2,1-3H3. The van der Waals surface area contributed by atoms with Gasteiger partial charge in [0, 0.05) is 44.0 Å². The van der Waals surface area contributed by atoms with Gasteiger partial charge in [-0.05, 0) is 32.9 Å². The Balaban J connectivity index is 1.67. The van der Waals surface area contributed by atoms with Gasteiger partial charge in [-0.2, -0.15) is 0 Å². The molecule has 2 aromatic heterocycles. The summed E-state index contributed by atoms with van der Waals surface area (Å²) in [6.07, 6.45) is 3.50. The van der Waals surface area contributed by atoms with Gasteiger partial charge < -0.3 is 19.5 Å². The molecule has 0 aliphatic carbocycles. The number of hydrogen-bond acceptors (Lipinski definition) is 4. The molecule has 0 radical (unpaired) electrons. The van der Waals surface area contributed by atoms with E-state index in [4.69, 9.17) is 4.74 Å². The van der Waals surface area contributed by atoms with Crippen molar-refractivity contribution < 1.29 is 9.53 Å². The monoisotopic (exact) mass is 302 g/mol. The third kappa shape index (κ3) is 3.00. The van der Waals surface area contributed by atoms with E-state index in [1.54, 1.807) is 4.90 Å². The van der Waals surface area contributed by atoms with Crippen molar-refractivity contribution in [3.63, 3.8) is 0 Å². The van der Waals surface area contributed by atoms with Crippen LogP contribution in [0.1, 0.15) is 20.8 Å². The first-order valence-electron chi connectivity index (χ1n) is 7.59. The lowest BCUT2D eigenvalue weighted by molar-refractivity contribution is 0.0240. The largest absolute Gasteiger partial charge is 0.444 e. The molecule has 1 saturated heterocycles. The number of H-pyrrole nitrogens is 1. The number of ether oxygens (including phenoxy) is 1. The fourth-order valence-corrected chi connectivity index (χ4v) is 2.65. The first-order valence-corrected chi connectivity index (χ1v) is 7.59. The van der Waals surface area contributed by atoms with Gasteiger partial charge in [0.05, 0.1) is 5.52 Å². The summed E-state index contributed by atoms with van der Waals surface area (Å²) in [5.41, 5.74) is 0.631. The number of rotatable bonds is 1. The Hall–Kier alpha value is -2.24. The Labute approximate surface area is 130 Å². The summed E-state index contributed by atoms with van der Waals surface area (Å²) in [6.45, 7) is 8.48. The molecule has 3 heterocycles. The summed E-state index contributed by atoms with van der Waals surface area (Å²) in [7, 11) is 0. The van der Waals surface area contributed by atoms with Crippen LogP contribution in [0.3, 0.4) is 0 Å². The van der Waals surface area contributed by atoms with Crippen molar-refractivity contribution in [2.24, 2.45) is 0 Å². The van der Waals surface area contributed by atoms with E-state index in [0.29, 0.717) is 13.1 Å². The van der Waals surface area contributed by atoms with Gasteiger partial charge in [-0.1, -0.05) is 0 Å². The van der Waals surface area contributed by atoms with Crippen molar-refractivity contribution in [3.8, 4) is 0 Å². The number of carbonyl (C=O) groups excluding carboxylic acids is 1. The molecule has 1 fully saturated rings. The van der Waals surface area contributed by atoms with Gasteiger partial charge in [0.1, 0.15) is 11.4 Å². The molecule has 1 N–H and O–H groups in total. The third-order valence-corrected chi connectivity index (χ3v) is 3.69. The van der Waals surface area contributed by atoms with Crippen LogP contribution in [-0.4, -0.2) is 52.7 Å². The van der Waals surface area contributed by atoms with E-state index >= 15 is 0 Å². The molecule has 1 amide bonds. The number of carbonyl (C=O) groups is 1. The molecule has 0 spiro atoms. The third-order valence-electron chi connectivity index (χ3n) is 3.69. The summed E-state index contributed by atoms with van der Waals surface area (Å²) in [6, 6.07) is 4.01. The van der Waals surface area contributed by atoms with Crippen LogP contribution in [0.4, 0.5) is 10.6 Å². The van der Waals surface area contributed by atoms with Crippen LogP contribution in [0.2, 0.25) is 0 Å². The minimum Gasteiger partial charge on any atom is -0.444 e. The highest BCUT2D eigenvalue weighted by Gasteiger charge is 2.26. The maximum Gasteiger partial charge on any atom is 0.410 e. The van der Waals surface area contributed by atoms with E-state index in [1.165, 1.54) is 0 Å². The molecule has 118 valence electrons. The number of nitrogens with one attached hydrogen (secondary N) is 1. The molecule has 0 bridgehead atoms. The number of aromatic amines is 1. The molecule has 1 aliphatic heterocycles. The fraction of sp³-hybridized carbons (Fsp3) is 0.500. The fourth-order valence-electron chi connectivity index (χ4n) is 2.65. The van der Waals surface area contributed by atoms with Crippen LogP contribution in [0.25, 0.3) is 10.9 Å². The number of piperazine rings is 1. The maximum atomic E-state index is 12.1. The van der Waals surface area contributed by atoms with Crippen LogP contribution >= 0.6 is 0 Å². The van der Waals surface area contributed by atoms with E-state index in [-0.39, 0.29) is 6.09 Å². The van der Waals surface area contributed by atoms with Crippen molar-refractivity contribution in [1.82, 2.24) is 14.9 Å². The zero-order valence-corrected chi connectivity index (χ0v) is 13.3. The number of fused-ring (bicyclic) bond motifs is 1. The molecule has 6 heteroatoms. The van der Waals surface area contributed by atoms with Crippen molar-refractivity contribution in [2.45, 2.75) is 26.4 Å². The lowest BCUT2D eigenvalue weighted by atomic mass is 10.2. The Kier molecular flexibility index (Phi) is 3.68. The molecular formula is C16H22N4O2. The summed E-state index contributed by atoms with van der Waals surface area (Å²) >= 11 is 0. The van der Waals surface area contributed by atoms with Crippen molar-refractivity contribution >= 4 is 22.8 Å². The lowest BCUT2D eigenvalue weighted by Crippen LogP contribution is -2.50. The topological polar surface area (TPSA) is 61.5 Å². The predicted molar refractivity (Wildman–Crippen MR) is 86.1 cm³/mol. The van der Waals surface area contributed by atoms with Gasteiger partial charge in [0.25, 0.3) is 0 Å². The second kappa shape index (κ2) is 5.51. The van der Waals surface area contributed by atoms with Crippen LogP contribution in [0.15, 0.2) is 24.5 Å². The molecule has 0 atom stereocenters. The Morgan fingerprint density at radius 1 is 1.23 bits per heavy atom. The Morgan fingerprint density at radius 3 is 2.64 bits per heavy atom. The number of nitrogens with zero attached hydrogens (tertiary/aromatic N) is 3. The summed E-state index contributed by atoms with van der Waals surface area (Å²) in [5, 5.41) is 1.12. The molecule has 22 heavy (non-hydrogen) atoms. The molecule has 1 aliphatic rings. The normalized spacial score (nSPS) is 16.1. The predicted octanol–water partition coefficient (Wildman–Crippen LogP) is 2.62. The number of pyridine rings is 1. The smallest absolute Gasteiger partial charge is 0.410 e. The highest BCUT2D eigenvalue weighted by atomic mass is 16.6. The van der Waals surface area contributed by atoms with Crippen molar-refractivity contribution in [3.05, 3.63) is 24.5 Å². The second-order valence-corrected chi connectivity index (χ2v) is 6.53. The molecule has 0 aromatic carbocycles. The molecule has 0 unspecified atom stereocenters. The quantitative estimate of drug-likeness (QED) is 0.879. The summed E-state index contributed by atoms with van der Waals surface area (Å²) < 4.78 is 5.42. The van der Waals surface area contributed by atoms with Crippen LogP contribution in [0, 0.1) is 0 Å². The SMILES string of the molecule is CC(C)(C)OC(=O)N1CCN(c2nccc3[nH]ccc23)CC1. The molecule has 6 nitrogen and oxygen atoms in total. The summed E-state index contributed by atoms with van der Waals surface area (Å²) in [4.78, 5) is 23.8. The van der Waals surface area contributed by atoms with Crippen molar-refractivity contribution in [2.75, 3.05) is 31.1 Å². The van der Waals surface area contributed by atoms with E-state index in [0.717, 1.165) is 29.8 Å². The molecular weight excluding hydrogens is 280 g/mol. The minimum atomic E-state index is -0.452. The van der Waals surface area contributed by atoms with E-state index in [2.05, 4.69) is 14.9 Å². The highest BCUT2D eigenvalue weighted by Crippen LogP contribution is 2.24. The minimum absolute atomic E-state index is 0.236. The lowest BCUT2D eigenvalue weighted by Gasteiger charge is -2.36. The average molecular weight is 302 g/mol. The number of aromatic nitrogens is 2. The van der Waals surface area contributed by atoms with Gasteiger partial charge in [-0.15, -0.1) is 0 Å². The molecule has 0 saturated carbocycles. The first kappa shape index (κ1) is 14.7. The second-order valence-electron chi connectivity index (χ2n) is 6.53. The Bertz CT molecular complexity index is 666. The van der Waals surface area contributed by atoms with Gasteiger partial charge in [0.2, 0.25) is 0 Å². The van der Waals surface area contributed by atoms with E-state index < -0.39 is 5.60 Å². The zero-order chi connectivity index (χ0) is 15.7. The van der Waals surface area contributed by atoms with Gasteiger partial charge in [-0.25, -0.2) is 9.78 Å². The van der Waals surface area contributed by atoms with Crippen LogP contribution in [0.5, 0.6) is 0 Å². The first-order chi connectivity index (χ1) is 10.4. The van der Waals surface area contributed by atoms with E-state index in [1.807, 2.05) is 45.3 Å². The van der Waals surface area contributed by atoms with Gasteiger partial charge >= 0.3 is 6.09 Å². The number of anilines is 1. The Morgan fingerprint density at radius 2 is 1.95 bits per heavy atom. The van der Waals surface area contributed by atoms with Gasteiger partial charge in [-0.3, -0.25) is 0 Å². The average Bonchev–Trinajstić information content (AvgIpc) is 2.94. The summed E-state index contributed by atoms with van der Waals surface area (Å²) in [5.74, 6) is 0.975. The van der Waals surface area contributed by atoms with Gasteiger partial charge in [0.15, 0.2) is 0 Å². The van der Waals surface area contributed by atoms with Crippen LogP contribution in [-0.2, 0) is 4.74 Å². The molecule has 3 rings (SSSR count). The zero-order valence-electron chi connectivity index (χ0n) is 13.3. The van der Waals surface area contributed by atoms with E-state index in [9.17, 15) is 4.79 Å². The number of hydrogen-bond donors (Lipinski definition) is 1. The highest BCUT2D eigenvalue weighted by molar-refractivity contribution is 5.90. The molecule has 2 aromatic rings. The number of amides is 1. The maximum absolute atomic E-state index is 12.1. The van der Waals surface area contributed by atoms with Crippen molar-refractivity contribution in [1.29, 1.82) is 0 Å². The van der Waals surface area contributed by atoms with Crippen LogP contribution < -0.4 is 4.90 Å².